The van der Waals surface area contributed by atoms with Crippen LogP contribution in [0, 0.1) is 5.92 Å². The summed E-state index contributed by atoms with van der Waals surface area (Å²) in [5, 5.41) is 0. The Kier molecular flexibility index (Phi) is 6.20. The van der Waals surface area contributed by atoms with E-state index in [1.165, 1.54) is 25.7 Å². The largest absolute Gasteiger partial charge is 0.353 e. The van der Waals surface area contributed by atoms with Crippen molar-refractivity contribution < 1.29 is 9.47 Å². The van der Waals surface area contributed by atoms with E-state index in [1.54, 1.807) is 0 Å². The molecule has 0 aromatic heterocycles. The van der Waals surface area contributed by atoms with Gasteiger partial charge in [-0.15, -0.1) is 0 Å². The minimum absolute atomic E-state index is 0.100. The van der Waals surface area contributed by atoms with E-state index in [9.17, 15) is 0 Å². The second-order valence-corrected chi connectivity index (χ2v) is 4.23. The molecule has 14 heavy (non-hydrogen) atoms. The van der Waals surface area contributed by atoms with Gasteiger partial charge in [-0.3, -0.25) is 0 Å². The topological polar surface area (TPSA) is 18.5 Å². The Morgan fingerprint density at radius 1 is 1.21 bits per heavy atom. The molecule has 2 heteroatoms. The summed E-state index contributed by atoms with van der Waals surface area (Å²) in [7, 11) is 0. The highest BCUT2D eigenvalue weighted by molar-refractivity contribution is 4.67. The Morgan fingerprint density at radius 2 is 2.00 bits per heavy atom. The zero-order valence-electron chi connectivity index (χ0n) is 9.63. The van der Waals surface area contributed by atoms with Gasteiger partial charge in [-0.1, -0.05) is 33.1 Å². The van der Waals surface area contributed by atoms with Gasteiger partial charge in [-0.05, 0) is 18.8 Å². The first-order chi connectivity index (χ1) is 6.86. The van der Waals surface area contributed by atoms with E-state index in [-0.39, 0.29) is 6.29 Å². The molecule has 0 aliphatic carbocycles. The monoisotopic (exact) mass is 200 g/mol. The smallest absolute Gasteiger partial charge is 0.157 e. The van der Waals surface area contributed by atoms with E-state index in [1.807, 2.05) is 0 Å². The van der Waals surface area contributed by atoms with Crippen molar-refractivity contribution in [2.45, 2.75) is 58.7 Å². The van der Waals surface area contributed by atoms with Gasteiger partial charge in [-0.25, -0.2) is 0 Å². The lowest BCUT2D eigenvalue weighted by Crippen LogP contribution is -2.11. The third-order valence-electron chi connectivity index (χ3n) is 2.81. The minimum Gasteiger partial charge on any atom is -0.353 e. The lowest BCUT2D eigenvalue weighted by molar-refractivity contribution is -0.111. The van der Waals surface area contributed by atoms with E-state index in [2.05, 4.69) is 13.8 Å². The Morgan fingerprint density at radius 3 is 2.71 bits per heavy atom. The standard InChI is InChI=1S/C12H24O2/c1-3-5-7-11-9-12(14-10-11)13-8-6-4-2/h11-12H,3-10H2,1-2H3. The molecular formula is C12H24O2. The van der Waals surface area contributed by atoms with Crippen LogP contribution in [-0.2, 0) is 9.47 Å². The Bertz CT molecular complexity index is 136. The average molecular weight is 200 g/mol. The van der Waals surface area contributed by atoms with Crippen LogP contribution in [0.4, 0.5) is 0 Å². The fourth-order valence-corrected chi connectivity index (χ4v) is 1.82. The summed E-state index contributed by atoms with van der Waals surface area (Å²) < 4.78 is 11.2. The molecule has 1 heterocycles. The van der Waals surface area contributed by atoms with Crippen LogP contribution in [0.1, 0.15) is 52.4 Å². The summed E-state index contributed by atoms with van der Waals surface area (Å²) in [5.41, 5.74) is 0. The van der Waals surface area contributed by atoms with Crippen LogP contribution in [-0.4, -0.2) is 19.5 Å². The molecule has 1 fully saturated rings. The van der Waals surface area contributed by atoms with Gasteiger partial charge < -0.3 is 9.47 Å². The minimum atomic E-state index is 0.100. The summed E-state index contributed by atoms with van der Waals surface area (Å²) in [6.45, 7) is 6.20. The molecule has 0 aromatic carbocycles. The quantitative estimate of drug-likeness (QED) is 0.587. The first kappa shape index (κ1) is 12.0. The molecule has 1 aliphatic rings. The van der Waals surface area contributed by atoms with Crippen LogP contribution in [0.5, 0.6) is 0 Å². The van der Waals surface area contributed by atoms with Crippen molar-refractivity contribution >= 4 is 0 Å². The average Bonchev–Trinajstić information content (AvgIpc) is 2.63. The lowest BCUT2D eigenvalue weighted by Gasteiger charge is -2.10. The van der Waals surface area contributed by atoms with Crippen LogP contribution in [0.3, 0.4) is 0 Å². The first-order valence-corrected chi connectivity index (χ1v) is 6.10. The molecule has 0 saturated carbocycles. The van der Waals surface area contributed by atoms with E-state index < -0.39 is 0 Å². The van der Waals surface area contributed by atoms with Gasteiger partial charge in [0.15, 0.2) is 6.29 Å². The van der Waals surface area contributed by atoms with Gasteiger partial charge in [0, 0.05) is 13.0 Å². The van der Waals surface area contributed by atoms with Gasteiger partial charge in [0.1, 0.15) is 0 Å². The van der Waals surface area contributed by atoms with Gasteiger partial charge >= 0.3 is 0 Å². The van der Waals surface area contributed by atoms with Gasteiger partial charge in [0.2, 0.25) is 0 Å². The first-order valence-electron chi connectivity index (χ1n) is 6.10. The summed E-state index contributed by atoms with van der Waals surface area (Å²) in [4.78, 5) is 0. The summed E-state index contributed by atoms with van der Waals surface area (Å²) in [6.07, 6.45) is 7.50. The molecule has 2 nitrogen and oxygen atoms in total. The van der Waals surface area contributed by atoms with Crippen LogP contribution < -0.4 is 0 Å². The molecule has 0 amide bonds. The molecule has 0 spiro atoms. The highest BCUT2D eigenvalue weighted by atomic mass is 16.7. The summed E-state index contributed by atoms with van der Waals surface area (Å²) in [6, 6.07) is 0. The van der Waals surface area contributed by atoms with Crippen molar-refractivity contribution in [3.05, 3.63) is 0 Å². The molecule has 1 saturated heterocycles. The molecule has 0 bridgehead atoms. The molecule has 0 N–H and O–H groups in total. The molecular weight excluding hydrogens is 176 g/mol. The molecule has 0 radical (unpaired) electrons. The molecule has 1 aliphatic heterocycles. The predicted molar refractivity (Wildman–Crippen MR) is 58.2 cm³/mol. The van der Waals surface area contributed by atoms with Crippen LogP contribution in [0.2, 0.25) is 0 Å². The number of hydrogen-bond acceptors (Lipinski definition) is 2. The lowest BCUT2D eigenvalue weighted by atomic mass is 10.0. The Balaban J connectivity index is 2.02. The van der Waals surface area contributed by atoms with Gasteiger partial charge in [0.05, 0.1) is 6.61 Å². The Labute approximate surface area is 88.0 Å². The third kappa shape index (κ3) is 4.43. The van der Waals surface area contributed by atoms with E-state index in [0.717, 1.165) is 32.0 Å². The van der Waals surface area contributed by atoms with E-state index in [4.69, 9.17) is 9.47 Å². The normalized spacial score (nSPS) is 27.0. The van der Waals surface area contributed by atoms with Crippen molar-refractivity contribution in [1.29, 1.82) is 0 Å². The summed E-state index contributed by atoms with van der Waals surface area (Å²) in [5.74, 6) is 0.751. The zero-order chi connectivity index (χ0) is 10.2. The Hall–Kier alpha value is -0.0800. The maximum atomic E-state index is 5.63. The fourth-order valence-electron chi connectivity index (χ4n) is 1.82. The molecule has 2 unspecified atom stereocenters. The van der Waals surface area contributed by atoms with Crippen molar-refractivity contribution in [1.82, 2.24) is 0 Å². The van der Waals surface area contributed by atoms with Crippen LogP contribution >= 0.6 is 0 Å². The van der Waals surface area contributed by atoms with Crippen molar-refractivity contribution in [3.63, 3.8) is 0 Å². The SMILES string of the molecule is CCCCOC1CC(CCCC)CO1. The predicted octanol–water partition coefficient (Wildman–Crippen LogP) is 3.36. The highest BCUT2D eigenvalue weighted by Gasteiger charge is 2.24. The third-order valence-corrected chi connectivity index (χ3v) is 2.81. The molecule has 84 valence electrons. The number of hydrogen-bond donors (Lipinski definition) is 0. The van der Waals surface area contributed by atoms with Crippen molar-refractivity contribution in [3.8, 4) is 0 Å². The fraction of sp³-hybridized carbons (Fsp3) is 1.00. The van der Waals surface area contributed by atoms with Crippen LogP contribution in [0.15, 0.2) is 0 Å². The van der Waals surface area contributed by atoms with Crippen molar-refractivity contribution in [2.24, 2.45) is 5.92 Å². The zero-order valence-corrected chi connectivity index (χ0v) is 9.63. The molecule has 0 aromatic rings. The maximum absolute atomic E-state index is 5.63. The van der Waals surface area contributed by atoms with Gasteiger partial charge in [-0.2, -0.15) is 0 Å². The van der Waals surface area contributed by atoms with Crippen LogP contribution in [0.25, 0.3) is 0 Å². The highest BCUT2D eigenvalue weighted by Crippen LogP contribution is 2.25. The van der Waals surface area contributed by atoms with Crippen molar-refractivity contribution in [2.75, 3.05) is 13.2 Å². The molecule has 1 rings (SSSR count). The molecule has 2 atom stereocenters. The van der Waals surface area contributed by atoms with E-state index >= 15 is 0 Å². The number of unbranched alkanes of at least 4 members (excludes halogenated alkanes) is 2. The number of rotatable bonds is 7. The second-order valence-electron chi connectivity index (χ2n) is 4.23. The maximum Gasteiger partial charge on any atom is 0.157 e. The van der Waals surface area contributed by atoms with E-state index in [0.29, 0.717) is 0 Å². The summed E-state index contributed by atoms with van der Waals surface area (Å²) >= 11 is 0. The second kappa shape index (κ2) is 7.24. The number of ether oxygens (including phenoxy) is 2. The van der Waals surface area contributed by atoms with Gasteiger partial charge in [0.25, 0.3) is 0 Å².